The Kier molecular flexibility index (Phi) is 5.72. The minimum atomic E-state index is 0. The molecule has 14 heavy (non-hydrogen) atoms. The van der Waals surface area contributed by atoms with Crippen LogP contribution < -0.4 is 5.73 Å². The largest absolute Gasteiger partial charge is 0.324 e. The molecule has 1 aromatic rings. The van der Waals surface area contributed by atoms with Crippen molar-refractivity contribution in [1.82, 2.24) is 0 Å². The lowest BCUT2D eigenvalue weighted by atomic mass is 9.99. The molecule has 3 heteroatoms. The topological polar surface area (TPSA) is 26.0 Å². The molecule has 0 amide bonds. The lowest BCUT2D eigenvalue weighted by Crippen LogP contribution is -2.05. The summed E-state index contributed by atoms with van der Waals surface area (Å²) >= 11 is 3.49. The summed E-state index contributed by atoms with van der Waals surface area (Å²) in [5.74, 6) is 0.551. The summed E-state index contributed by atoms with van der Waals surface area (Å²) in [6.07, 6.45) is 0. The number of hydrogen-bond donors (Lipinski definition) is 1. The zero-order chi connectivity index (χ0) is 10.0. The average molecular weight is 279 g/mol. The molecule has 0 aliphatic rings. The molecular formula is C11H17BrClN. The lowest BCUT2D eigenvalue weighted by Gasteiger charge is -2.11. The summed E-state index contributed by atoms with van der Waals surface area (Å²) in [5.41, 5.74) is 8.36. The second-order valence-corrected chi connectivity index (χ2v) is 4.68. The number of benzene rings is 1. The third-order valence-corrected chi connectivity index (χ3v) is 2.59. The number of hydrogen-bond acceptors (Lipinski definition) is 1. The Bertz CT molecular complexity index is 271. The van der Waals surface area contributed by atoms with Crippen LogP contribution in [0.3, 0.4) is 0 Å². The van der Waals surface area contributed by atoms with E-state index in [1.165, 1.54) is 11.1 Å². The van der Waals surface area contributed by atoms with Crippen LogP contribution in [0.4, 0.5) is 0 Å². The van der Waals surface area contributed by atoms with Gasteiger partial charge < -0.3 is 5.73 Å². The molecule has 1 atom stereocenters. The Hall–Kier alpha value is -0.0500. The van der Waals surface area contributed by atoms with Gasteiger partial charge in [0.25, 0.3) is 0 Å². The molecule has 1 aromatic carbocycles. The van der Waals surface area contributed by atoms with E-state index in [4.69, 9.17) is 5.73 Å². The normalized spacial score (nSPS) is 12.4. The van der Waals surface area contributed by atoms with Crippen LogP contribution in [0.2, 0.25) is 0 Å². The maximum atomic E-state index is 5.83. The first-order valence-corrected chi connectivity index (χ1v) is 5.36. The van der Waals surface area contributed by atoms with Crippen LogP contribution in [0.25, 0.3) is 0 Å². The molecule has 80 valence electrons. The molecule has 0 fully saturated rings. The highest BCUT2D eigenvalue weighted by molar-refractivity contribution is 9.10. The summed E-state index contributed by atoms with van der Waals surface area (Å²) in [6.45, 7) is 6.38. The minimum Gasteiger partial charge on any atom is -0.324 e. The van der Waals surface area contributed by atoms with Gasteiger partial charge in [-0.1, -0.05) is 35.8 Å². The predicted octanol–water partition coefficient (Wildman–Crippen LogP) is 4.01. The van der Waals surface area contributed by atoms with Crippen molar-refractivity contribution >= 4 is 28.3 Å². The van der Waals surface area contributed by atoms with Gasteiger partial charge in [-0.25, -0.2) is 0 Å². The van der Waals surface area contributed by atoms with Crippen molar-refractivity contribution in [1.29, 1.82) is 0 Å². The first-order chi connectivity index (χ1) is 6.00. The van der Waals surface area contributed by atoms with Gasteiger partial charge in [-0.15, -0.1) is 12.4 Å². The highest BCUT2D eigenvalue weighted by Crippen LogP contribution is 2.24. The molecule has 0 aliphatic carbocycles. The van der Waals surface area contributed by atoms with E-state index < -0.39 is 0 Å². The van der Waals surface area contributed by atoms with Crippen molar-refractivity contribution in [3.8, 4) is 0 Å². The van der Waals surface area contributed by atoms with Crippen molar-refractivity contribution in [2.75, 3.05) is 0 Å². The third-order valence-electron chi connectivity index (χ3n) is 2.13. The van der Waals surface area contributed by atoms with Crippen molar-refractivity contribution in [3.05, 3.63) is 33.8 Å². The van der Waals surface area contributed by atoms with E-state index >= 15 is 0 Å². The Balaban J connectivity index is 0.00000169. The van der Waals surface area contributed by atoms with E-state index in [1.54, 1.807) is 0 Å². The SMILES string of the molecule is CC(C)c1cc(Br)cc(C(C)N)c1.Cl. The van der Waals surface area contributed by atoms with Gasteiger partial charge in [-0.2, -0.15) is 0 Å². The second kappa shape index (κ2) is 5.74. The summed E-state index contributed by atoms with van der Waals surface area (Å²) in [7, 11) is 0. The Morgan fingerprint density at radius 2 is 1.57 bits per heavy atom. The molecule has 1 rings (SSSR count). The zero-order valence-electron chi connectivity index (χ0n) is 8.75. The van der Waals surface area contributed by atoms with Crippen LogP contribution in [0.15, 0.2) is 22.7 Å². The monoisotopic (exact) mass is 277 g/mol. The molecule has 1 unspecified atom stereocenters. The molecule has 1 nitrogen and oxygen atoms in total. The van der Waals surface area contributed by atoms with E-state index in [1.807, 2.05) is 6.92 Å². The fraction of sp³-hybridized carbons (Fsp3) is 0.455. The smallest absolute Gasteiger partial charge is 0.0266 e. The van der Waals surface area contributed by atoms with Gasteiger partial charge in [0.15, 0.2) is 0 Å². The molecule has 2 N–H and O–H groups in total. The Morgan fingerprint density at radius 1 is 1.07 bits per heavy atom. The number of halogens is 2. The molecule has 0 heterocycles. The molecule has 0 aliphatic heterocycles. The quantitative estimate of drug-likeness (QED) is 0.869. The average Bonchev–Trinajstić information content (AvgIpc) is 2.03. The summed E-state index contributed by atoms with van der Waals surface area (Å²) in [4.78, 5) is 0. The van der Waals surface area contributed by atoms with Gasteiger partial charge in [0.1, 0.15) is 0 Å². The zero-order valence-corrected chi connectivity index (χ0v) is 11.2. The molecule has 0 bridgehead atoms. The number of rotatable bonds is 2. The minimum absolute atomic E-state index is 0. The van der Waals surface area contributed by atoms with Crippen molar-refractivity contribution in [2.45, 2.75) is 32.7 Å². The maximum Gasteiger partial charge on any atom is 0.0266 e. The highest BCUT2D eigenvalue weighted by Gasteiger charge is 2.05. The van der Waals surface area contributed by atoms with Gasteiger partial charge in [0.2, 0.25) is 0 Å². The van der Waals surface area contributed by atoms with Crippen molar-refractivity contribution in [3.63, 3.8) is 0 Å². The van der Waals surface area contributed by atoms with Gasteiger partial charge in [0.05, 0.1) is 0 Å². The molecule has 0 saturated carbocycles. The third kappa shape index (κ3) is 3.60. The van der Waals surface area contributed by atoms with Crippen molar-refractivity contribution in [2.24, 2.45) is 5.73 Å². The Labute approximate surface area is 101 Å². The van der Waals surface area contributed by atoms with E-state index in [2.05, 4.69) is 48.0 Å². The molecule has 0 saturated heterocycles. The maximum absolute atomic E-state index is 5.83. The van der Waals surface area contributed by atoms with E-state index in [-0.39, 0.29) is 18.4 Å². The van der Waals surface area contributed by atoms with Gasteiger partial charge >= 0.3 is 0 Å². The lowest BCUT2D eigenvalue weighted by molar-refractivity contribution is 0.802. The summed E-state index contributed by atoms with van der Waals surface area (Å²) in [5, 5.41) is 0. The standard InChI is InChI=1S/C11H16BrN.ClH/c1-7(2)9-4-10(8(3)13)6-11(12)5-9;/h4-8H,13H2,1-3H3;1H. The van der Waals surface area contributed by atoms with Crippen LogP contribution in [-0.4, -0.2) is 0 Å². The predicted molar refractivity (Wildman–Crippen MR) is 68.1 cm³/mol. The summed E-state index contributed by atoms with van der Waals surface area (Å²) < 4.78 is 1.12. The van der Waals surface area contributed by atoms with Crippen LogP contribution in [0.5, 0.6) is 0 Å². The van der Waals surface area contributed by atoms with Crippen LogP contribution in [0, 0.1) is 0 Å². The van der Waals surface area contributed by atoms with Crippen molar-refractivity contribution < 1.29 is 0 Å². The van der Waals surface area contributed by atoms with E-state index in [0.29, 0.717) is 5.92 Å². The summed E-state index contributed by atoms with van der Waals surface area (Å²) in [6, 6.07) is 6.52. The van der Waals surface area contributed by atoms with E-state index in [0.717, 1.165) is 4.47 Å². The van der Waals surface area contributed by atoms with E-state index in [9.17, 15) is 0 Å². The number of nitrogens with two attached hydrogens (primary N) is 1. The van der Waals surface area contributed by atoms with Gasteiger partial charge in [0, 0.05) is 10.5 Å². The van der Waals surface area contributed by atoms with Gasteiger partial charge in [-0.05, 0) is 36.1 Å². The first-order valence-electron chi connectivity index (χ1n) is 4.56. The first kappa shape index (κ1) is 13.9. The second-order valence-electron chi connectivity index (χ2n) is 3.76. The van der Waals surface area contributed by atoms with Crippen LogP contribution in [-0.2, 0) is 0 Å². The molecule has 0 aromatic heterocycles. The molecule has 0 radical (unpaired) electrons. The fourth-order valence-electron chi connectivity index (χ4n) is 1.23. The highest BCUT2D eigenvalue weighted by atomic mass is 79.9. The van der Waals surface area contributed by atoms with Crippen LogP contribution in [0.1, 0.15) is 43.9 Å². The van der Waals surface area contributed by atoms with Gasteiger partial charge in [-0.3, -0.25) is 0 Å². The van der Waals surface area contributed by atoms with Crippen LogP contribution >= 0.6 is 28.3 Å². The molecular weight excluding hydrogens is 261 g/mol. The molecule has 0 spiro atoms. The fourth-order valence-corrected chi connectivity index (χ4v) is 1.76. The Morgan fingerprint density at radius 3 is 2.00 bits per heavy atom.